The summed E-state index contributed by atoms with van der Waals surface area (Å²) >= 11 is 1.62. The minimum absolute atomic E-state index is 0.0723. The Morgan fingerprint density at radius 1 is 1.04 bits per heavy atom. The number of thiophene rings is 1. The molecule has 2 aromatic heterocycles. The van der Waals surface area contributed by atoms with Crippen LogP contribution in [0.1, 0.15) is 34.5 Å². The Balaban J connectivity index is 1.76. The summed E-state index contributed by atoms with van der Waals surface area (Å²) in [5.41, 5.74) is 4.52. The summed E-state index contributed by atoms with van der Waals surface area (Å²) < 4.78 is 0. The molecule has 4 heteroatoms. The zero-order valence-electron chi connectivity index (χ0n) is 15.3. The van der Waals surface area contributed by atoms with Gasteiger partial charge in [-0.25, -0.2) is 4.98 Å². The highest BCUT2D eigenvalue weighted by Gasteiger charge is 2.17. The number of carbonyl (C=O) groups is 1. The van der Waals surface area contributed by atoms with Crippen LogP contribution in [0.4, 0.5) is 0 Å². The van der Waals surface area contributed by atoms with E-state index in [9.17, 15) is 4.79 Å². The van der Waals surface area contributed by atoms with Gasteiger partial charge < -0.3 is 5.32 Å². The molecule has 27 heavy (non-hydrogen) atoms. The number of rotatable bonds is 4. The average molecular weight is 372 g/mol. The summed E-state index contributed by atoms with van der Waals surface area (Å²) in [6, 6.07) is 21.9. The van der Waals surface area contributed by atoms with Crippen LogP contribution in [0.15, 0.2) is 72.1 Å². The van der Waals surface area contributed by atoms with Crippen LogP contribution in [-0.4, -0.2) is 10.9 Å². The summed E-state index contributed by atoms with van der Waals surface area (Å²) in [6.07, 6.45) is 0. The monoisotopic (exact) mass is 372 g/mol. The Morgan fingerprint density at radius 3 is 2.59 bits per heavy atom. The summed E-state index contributed by atoms with van der Waals surface area (Å²) in [5, 5.41) is 6.04. The number of pyridine rings is 1. The van der Waals surface area contributed by atoms with Gasteiger partial charge in [0.05, 0.1) is 27.7 Å². The number of aromatic nitrogens is 1. The quantitative estimate of drug-likeness (QED) is 0.495. The van der Waals surface area contributed by atoms with E-state index in [4.69, 9.17) is 4.98 Å². The van der Waals surface area contributed by atoms with Gasteiger partial charge in [-0.2, -0.15) is 0 Å². The van der Waals surface area contributed by atoms with E-state index in [-0.39, 0.29) is 11.9 Å². The van der Waals surface area contributed by atoms with Gasteiger partial charge >= 0.3 is 0 Å². The minimum Gasteiger partial charge on any atom is -0.345 e. The summed E-state index contributed by atoms with van der Waals surface area (Å²) in [7, 11) is 0. The van der Waals surface area contributed by atoms with Gasteiger partial charge in [0.2, 0.25) is 0 Å². The number of aryl methyl sites for hydroxylation is 1. The largest absolute Gasteiger partial charge is 0.345 e. The van der Waals surface area contributed by atoms with E-state index in [0.29, 0.717) is 5.56 Å². The summed E-state index contributed by atoms with van der Waals surface area (Å²) in [6.45, 7) is 4.03. The van der Waals surface area contributed by atoms with Crippen molar-refractivity contribution < 1.29 is 4.79 Å². The molecule has 1 N–H and O–H groups in total. The Hall–Kier alpha value is -2.98. The van der Waals surface area contributed by atoms with Gasteiger partial charge in [-0.05, 0) is 49.1 Å². The number of hydrogen-bond donors (Lipinski definition) is 1. The van der Waals surface area contributed by atoms with Crippen molar-refractivity contribution in [2.45, 2.75) is 19.9 Å². The molecular weight excluding hydrogens is 352 g/mol. The predicted octanol–water partition coefficient (Wildman–Crippen LogP) is 5.76. The van der Waals surface area contributed by atoms with Gasteiger partial charge in [0.1, 0.15) is 0 Å². The number of carbonyl (C=O) groups excluding carboxylic acids is 1. The van der Waals surface area contributed by atoms with E-state index >= 15 is 0 Å². The SMILES string of the molecule is Cc1ccc2nc(-c3cccs3)cc(C(=O)NC(C)c3ccccc3)c2c1. The second-order valence-corrected chi connectivity index (χ2v) is 7.61. The third-order valence-corrected chi connectivity index (χ3v) is 5.52. The molecule has 1 unspecified atom stereocenters. The van der Waals surface area contributed by atoms with Crippen molar-refractivity contribution in [2.75, 3.05) is 0 Å². The first-order chi connectivity index (χ1) is 13.1. The molecule has 0 aliphatic carbocycles. The fourth-order valence-corrected chi connectivity index (χ4v) is 3.86. The van der Waals surface area contributed by atoms with Gasteiger partial charge in [-0.3, -0.25) is 4.79 Å². The maximum atomic E-state index is 13.1. The van der Waals surface area contributed by atoms with Crippen LogP contribution in [0.5, 0.6) is 0 Å². The van der Waals surface area contributed by atoms with Crippen LogP contribution in [0, 0.1) is 6.92 Å². The second-order valence-electron chi connectivity index (χ2n) is 6.66. The Labute approximate surface area is 162 Å². The van der Waals surface area contributed by atoms with E-state index in [1.807, 2.05) is 86.0 Å². The first-order valence-electron chi connectivity index (χ1n) is 8.93. The van der Waals surface area contributed by atoms with Crippen molar-refractivity contribution in [2.24, 2.45) is 0 Å². The molecule has 0 bridgehead atoms. The summed E-state index contributed by atoms with van der Waals surface area (Å²) in [4.78, 5) is 19.0. The highest BCUT2D eigenvalue weighted by Crippen LogP contribution is 2.29. The maximum absolute atomic E-state index is 13.1. The smallest absolute Gasteiger partial charge is 0.252 e. The molecule has 0 saturated heterocycles. The minimum atomic E-state index is -0.0813. The van der Waals surface area contributed by atoms with Crippen LogP contribution in [0.2, 0.25) is 0 Å². The number of amides is 1. The van der Waals surface area contributed by atoms with E-state index in [0.717, 1.165) is 32.6 Å². The van der Waals surface area contributed by atoms with E-state index in [1.54, 1.807) is 11.3 Å². The van der Waals surface area contributed by atoms with Crippen molar-refractivity contribution in [3.05, 3.63) is 88.8 Å². The van der Waals surface area contributed by atoms with E-state index in [1.165, 1.54) is 0 Å². The third kappa shape index (κ3) is 3.62. The molecule has 1 amide bonds. The number of nitrogens with zero attached hydrogens (tertiary/aromatic N) is 1. The lowest BCUT2D eigenvalue weighted by molar-refractivity contribution is 0.0941. The Morgan fingerprint density at radius 2 is 1.85 bits per heavy atom. The first-order valence-corrected chi connectivity index (χ1v) is 9.81. The second kappa shape index (κ2) is 7.33. The molecule has 0 radical (unpaired) electrons. The fraction of sp³-hybridized carbons (Fsp3) is 0.130. The van der Waals surface area contributed by atoms with Crippen LogP contribution in [-0.2, 0) is 0 Å². The van der Waals surface area contributed by atoms with Gasteiger partial charge in [-0.1, -0.05) is 48.0 Å². The molecule has 0 aliphatic heterocycles. The molecule has 134 valence electrons. The summed E-state index contributed by atoms with van der Waals surface area (Å²) in [5.74, 6) is -0.0813. The molecule has 0 fully saturated rings. The number of hydrogen-bond acceptors (Lipinski definition) is 3. The lowest BCUT2D eigenvalue weighted by atomic mass is 10.0. The predicted molar refractivity (Wildman–Crippen MR) is 112 cm³/mol. The average Bonchev–Trinajstić information content (AvgIpc) is 3.22. The molecular formula is C23H20N2OS. The van der Waals surface area contributed by atoms with Gasteiger partial charge in [-0.15, -0.1) is 11.3 Å². The lowest BCUT2D eigenvalue weighted by Crippen LogP contribution is -2.27. The van der Waals surface area contributed by atoms with E-state index < -0.39 is 0 Å². The zero-order chi connectivity index (χ0) is 18.8. The van der Waals surface area contributed by atoms with E-state index in [2.05, 4.69) is 5.32 Å². The molecule has 0 saturated carbocycles. The molecule has 0 spiro atoms. The van der Waals surface area contributed by atoms with Crippen LogP contribution in [0.3, 0.4) is 0 Å². The molecule has 2 aromatic carbocycles. The van der Waals surface area contributed by atoms with Crippen molar-refractivity contribution in [1.29, 1.82) is 0 Å². The molecule has 3 nitrogen and oxygen atoms in total. The molecule has 4 rings (SSSR count). The molecule has 0 aliphatic rings. The topological polar surface area (TPSA) is 42.0 Å². The third-order valence-electron chi connectivity index (χ3n) is 4.63. The molecule has 2 heterocycles. The van der Waals surface area contributed by atoms with Crippen LogP contribution in [0.25, 0.3) is 21.5 Å². The van der Waals surface area contributed by atoms with Crippen LogP contribution < -0.4 is 5.32 Å². The maximum Gasteiger partial charge on any atom is 0.252 e. The standard InChI is InChI=1S/C23H20N2OS/c1-15-10-11-20-18(13-15)19(14-21(25-20)22-9-6-12-27-22)23(26)24-16(2)17-7-4-3-5-8-17/h3-14,16H,1-2H3,(H,24,26). The fourth-order valence-electron chi connectivity index (χ4n) is 3.18. The normalized spacial score (nSPS) is 12.1. The highest BCUT2D eigenvalue weighted by atomic mass is 32.1. The van der Waals surface area contributed by atoms with Gasteiger partial charge in [0, 0.05) is 5.39 Å². The first kappa shape index (κ1) is 17.4. The highest BCUT2D eigenvalue weighted by molar-refractivity contribution is 7.13. The Kier molecular flexibility index (Phi) is 4.73. The van der Waals surface area contributed by atoms with Crippen molar-refractivity contribution in [1.82, 2.24) is 10.3 Å². The lowest BCUT2D eigenvalue weighted by Gasteiger charge is -2.16. The number of benzene rings is 2. The number of fused-ring (bicyclic) bond motifs is 1. The van der Waals surface area contributed by atoms with Crippen molar-refractivity contribution >= 4 is 28.1 Å². The van der Waals surface area contributed by atoms with Gasteiger partial charge in [0.25, 0.3) is 5.91 Å². The van der Waals surface area contributed by atoms with Crippen molar-refractivity contribution in [3.8, 4) is 10.6 Å². The van der Waals surface area contributed by atoms with Crippen LogP contribution >= 0.6 is 11.3 Å². The Bertz CT molecular complexity index is 1090. The van der Waals surface area contributed by atoms with Gasteiger partial charge in [0.15, 0.2) is 0 Å². The number of nitrogens with one attached hydrogen (secondary N) is 1. The molecule has 4 aromatic rings. The van der Waals surface area contributed by atoms with Crippen molar-refractivity contribution in [3.63, 3.8) is 0 Å². The zero-order valence-corrected chi connectivity index (χ0v) is 16.1. The molecule has 1 atom stereocenters.